The Bertz CT molecular complexity index is 1690. The fourth-order valence-corrected chi connectivity index (χ4v) is 6.92. The Morgan fingerprint density at radius 2 is 1.88 bits per heavy atom. The summed E-state index contributed by atoms with van der Waals surface area (Å²) in [5, 5.41) is 12.0. The number of nitrogens with zero attached hydrogens (tertiary/aromatic N) is 5. The number of phenols is 1. The molecular formula is C31H33F2N5O3. The predicted molar refractivity (Wildman–Crippen MR) is 153 cm³/mol. The van der Waals surface area contributed by atoms with E-state index in [1.807, 2.05) is 25.8 Å². The molecule has 3 aliphatic rings. The Hall–Kier alpha value is -3.79. The van der Waals surface area contributed by atoms with Gasteiger partial charge in [0.2, 0.25) is 5.88 Å². The number of rotatable bonds is 5. The summed E-state index contributed by atoms with van der Waals surface area (Å²) < 4.78 is 44.0. The predicted octanol–water partition coefficient (Wildman–Crippen LogP) is 5.62. The lowest BCUT2D eigenvalue weighted by Crippen LogP contribution is -2.43. The summed E-state index contributed by atoms with van der Waals surface area (Å²) >= 11 is 0. The molecule has 2 aromatic carbocycles. The fourth-order valence-electron chi connectivity index (χ4n) is 6.92. The summed E-state index contributed by atoms with van der Waals surface area (Å²) in [7, 11) is 1.88. The van der Waals surface area contributed by atoms with Gasteiger partial charge in [0, 0.05) is 12.6 Å². The van der Waals surface area contributed by atoms with Crippen LogP contribution in [0.5, 0.6) is 17.6 Å². The molecule has 1 atom stereocenters. The Labute approximate surface area is 236 Å². The Morgan fingerprint density at radius 1 is 1.10 bits per heavy atom. The highest BCUT2D eigenvalue weighted by molar-refractivity contribution is 6.03. The molecule has 1 N–H and O–H groups in total. The van der Waals surface area contributed by atoms with Crippen molar-refractivity contribution in [2.24, 2.45) is 0 Å². The van der Waals surface area contributed by atoms with Crippen molar-refractivity contribution in [1.29, 1.82) is 0 Å². The quantitative estimate of drug-likeness (QED) is 0.337. The minimum Gasteiger partial charge on any atom is -0.508 e. The van der Waals surface area contributed by atoms with Gasteiger partial charge >= 0.3 is 6.01 Å². The van der Waals surface area contributed by atoms with Gasteiger partial charge in [0.25, 0.3) is 0 Å². The largest absolute Gasteiger partial charge is 0.508 e. The molecule has 3 aliphatic heterocycles. The summed E-state index contributed by atoms with van der Waals surface area (Å²) in [4.78, 5) is 18.4. The van der Waals surface area contributed by atoms with Gasteiger partial charge in [-0.15, -0.1) is 0 Å². The van der Waals surface area contributed by atoms with Crippen LogP contribution in [0.3, 0.4) is 0 Å². The first-order valence-corrected chi connectivity index (χ1v) is 14.4. The number of aromatic nitrogens is 3. The van der Waals surface area contributed by atoms with Crippen molar-refractivity contribution in [3.8, 4) is 28.9 Å². The zero-order valence-corrected chi connectivity index (χ0v) is 23.5. The van der Waals surface area contributed by atoms with Gasteiger partial charge in [-0.2, -0.15) is 9.97 Å². The van der Waals surface area contributed by atoms with E-state index in [2.05, 4.69) is 14.9 Å². The number of likely N-dealkylation sites (N-methyl/N-ethyl adjacent to an activating group) is 1. The van der Waals surface area contributed by atoms with E-state index in [4.69, 9.17) is 14.5 Å². The molecule has 1 unspecified atom stereocenters. The molecule has 0 amide bonds. The average molecular weight is 562 g/mol. The second-order valence-electron chi connectivity index (χ2n) is 11.6. The van der Waals surface area contributed by atoms with Gasteiger partial charge < -0.3 is 19.5 Å². The average Bonchev–Trinajstić information content (AvgIpc) is 3.52. The van der Waals surface area contributed by atoms with Gasteiger partial charge in [-0.25, -0.2) is 13.8 Å². The molecule has 0 radical (unpaired) electrons. The van der Waals surface area contributed by atoms with Crippen molar-refractivity contribution in [2.75, 3.05) is 38.3 Å². The van der Waals surface area contributed by atoms with Crippen molar-refractivity contribution in [3.63, 3.8) is 0 Å². The minimum absolute atomic E-state index is 0.0177. The van der Waals surface area contributed by atoms with Crippen molar-refractivity contribution < 1.29 is 23.4 Å². The highest BCUT2D eigenvalue weighted by atomic mass is 19.1. The highest BCUT2D eigenvalue weighted by Crippen LogP contribution is 2.44. The number of aromatic hydroxyl groups is 1. The van der Waals surface area contributed by atoms with Gasteiger partial charge in [-0.1, -0.05) is 13.0 Å². The molecule has 4 aromatic rings. The molecule has 214 valence electrons. The second kappa shape index (κ2) is 9.65. The van der Waals surface area contributed by atoms with E-state index < -0.39 is 11.6 Å². The van der Waals surface area contributed by atoms with Crippen molar-refractivity contribution in [1.82, 2.24) is 19.9 Å². The molecule has 0 bridgehead atoms. The number of ether oxygens (including phenoxy) is 2. The first-order valence-electron chi connectivity index (χ1n) is 14.4. The van der Waals surface area contributed by atoms with Crippen LogP contribution < -0.4 is 14.4 Å². The monoisotopic (exact) mass is 561 g/mol. The third kappa shape index (κ3) is 4.06. The van der Waals surface area contributed by atoms with Crippen molar-refractivity contribution in [2.45, 2.75) is 57.5 Å². The molecule has 41 heavy (non-hydrogen) atoms. The third-order valence-electron chi connectivity index (χ3n) is 9.21. The van der Waals surface area contributed by atoms with Gasteiger partial charge in [0.15, 0.2) is 5.82 Å². The van der Waals surface area contributed by atoms with Crippen LogP contribution in [-0.4, -0.2) is 69.9 Å². The number of phenolic OH excluding ortho intramolecular Hbond substituents is 1. The molecule has 2 saturated heterocycles. The smallest absolute Gasteiger partial charge is 0.319 e. The zero-order chi connectivity index (χ0) is 28.5. The summed E-state index contributed by atoms with van der Waals surface area (Å²) in [5.74, 6) is -0.506. The molecule has 5 heterocycles. The minimum atomic E-state index is -0.705. The zero-order valence-electron chi connectivity index (χ0n) is 23.5. The number of hydrogen-bond acceptors (Lipinski definition) is 8. The van der Waals surface area contributed by atoms with E-state index in [9.17, 15) is 9.50 Å². The molecule has 10 heteroatoms. The van der Waals surface area contributed by atoms with E-state index in [1.54, 1.807) is 12.1 Å². The van der Waals surface area contributed by atoms with Crippen LogP contribution in [0.15, 0.2) is 24.3 Å². The first-order chi connectivity index (χ1) is 19.8. The lowest BCUT2D eigenvalue weighted by atomic mass is 9.94. The van der Waals surface area contributed by atoms with Gasteiger partial charge in [0.1, 0.15) is 47.2 Å². The molecule has 2 fully saturated rings. The summed E-state index contributed by atoms with van der Waals surface area (Å²) in [6.07, 6.45) is 4.77. The van der Waals surface area contributed by atoms with Gasteiger partial charge in [-0.3, -0.25) is 4.90 Å². The number of aryl methyl sites for hydroxylation is 1. The first kappa shape index (κ1) is 26.1. The third-order valence-corrected chi connectivity index (χ3v) is 9.21. The molecule has 8 nitrogen and oxygen atoms in total. The number of pyridine rings is 1. The maximum atomic E-state index is 16.7. The molecule has 2 aromatic heterocycles. The molecule has 7 rings (SSSR count). The van der Waals surface area contributed by atoms with Crippen molar-refractivity contribution in [3.05, 3.63) is 41.5 Å². The van der Waals surface area contributed by atoms with E-state index in [-0.39, 0.29) is 46.0 Å². The van der Waals surface area contributed by atoms with Gasteiger partial charge in [-0.05, 0) is 86.7 Å². The summed E-state index contributed by atoms with van der Waals surface area (Å²) in [5.41, 5.74) is 0.615. The van der Waals surface area contributed by atoms with Crippen LogP contribution in [0.25, 0.3) is 32.9 Å². The number of fused-ring (bicyclic) bond motifs is 2. The topological polar surface area (TPSA) is 83.8 Å². The molecule has 0 aliphatic carbocycles. The van der Waals surface area contributed by atoms with Crippen molar-refractivity contribution >= 4 is 27.5 Å². The standard InChI is InChI=1S/C31H33F2N5O3/c1-4-20-22(32)8-7-18-13-19(39)14-21(23(18)20)26-25(33)27-24-28(37(3)17(2)15-40-29(24)34-26)36-30(35-27)41-16-31-9-5-11-38(31)12-6-10-31/h7-8,13-14,17,39H,4-6,9-12,15-16H2,1-3H3. The van der Waals surface area contributed by atoms with Crippen LogP contribution in [0.1, 0.15) is 45.1 Å². The highest BCUT2D eigenvalue weighted by Gasteiger charge is 2.45. The van der Waals surface area contributed by atoms with E-state index in [0.717, 1.165) is 38.8 Å². The Kier molecular flexibility index (Phi) is 6.15. The van der Waals surface area contributed by atoms with Crippen LogP contribution in [0.4, 0.5) is 14.6 Å². The number of halogens is 2. The van der Waals surface area contributed by atoms with Crippen LogP contribution >= 0.6 is 0 Å². The van der Waals surface area contributed by atoms with Gasteiger partial charge in [0.05, 0.1) is 11.6 Å². The lowest BCUT2D eigenvalue weighted by molar-refractivity contribution is 0.108. The Balaban J connectivity index is 1.44. The number of hydrogen-bond donors (Lipinski definition) is 1. The normalized spacial score (nSPS) is 19.9. The molecular weight excluding hydrogens is 528 g/mol. The SMILES string of the molecule is CCc1c(F)ccc2cc(O)cc(-c3nc4c5c(nc(OCC67CCCN6CCC7)nc5c3F)N(C)C(C)CO4)c12. The van der Waals surface area contributed by atoms with E-state index >= 15 is 4.39 Å². The second-order valence-corrected chi connectivity index (χ2v) is 11.6. The number of benzene rings is 2. The van der Waals surface area contributed by atoms with E-state index in [1.165, 1.54) is 12.1 Å². The summed E-state index contributed by atoms with van der Waals surface area (Å²) in [6.45, 7) is 6.70. The molecule has 0 spiro atoms. The maximum Gasteiger partial charge on any atom is 0.319 e. The van der Waals surface area contributed by atoms with Crippen LogP contribution in [0, 0.1) is 11.6 Å². The summed E-state index contributed by atoms with van der Waals surface area (Å²) in [6, 6.07) is 5.92. The lowest BCUT2D eigenvalue weighted by Gasteiger charge is -2.31. The van der Waals surface area contributed by atoms with Crippen LogP contribution in [-0.2, 0) is 6.42 Å². The number of anilines is 1. The fraction of sp³-hybridized carbons (Fsp3) is 0.452. The van der Waals surface area contributed by atoms with Crippen LogP contribution in [0.2, 0.25) is 0 Å². The van der Waals surface area contributed by atoms with E-state index in [0.29, 0.717) is 47.2 Å². The molecule has 0 saturated carbocycles. The Morgan fingerprint density at radius 3 is 2.63 bits per heavy atom. The maximum absolute atomic E-state index is 16.7.